The van der Waals surface area contributed by atoms with Crippen molar-refractivity contribution in [2.75, 3.05) is 12.9 Å². The number of carbonyl (C=O) groups is 1. The van der Waals surface area contributed by atoms with Crippen LogP contribution in [0.1, 0.15) is 15.9 Å². The standard InChI is InChI=1S/C16H14O4S/c1-21-16(10-2-4-11(17)5-3-10)9-20-14-8-12(18)6-7-13(14)15(16)19/h2-8,17-18H,9H2,1H3. The number of carbonyl (C=O) groups excluding carboxylic acids is 1. The molecule has 0 amide bonds. The van der Waals surface area contributed by atoms with Crippen LogP contribution in [0.4, 0.5) is 0 Å². The molecule has 5 heteroatoms. The van der Waals surface area contributed by atoms with Crippen LogP contribution in [-0.2, 0) is 4.75 Å². The quantitative estimate of drug-likeness (QED) is 0.893. The molecule has 3 rings (SSSR count). The highest BCUT2D eigenvalue weighted by Gasteiger charge is 2.45. The first-order valence-corrected chi connectivity index (χ1v) is 7.64. The van der Waals surface area contributed by atoms with E-state index < -0.39 is 4.75 Å². The average molecular weight is 302 g/mol. The lowest BCUT2D eigenvalue weighted by atomic mass is 9.88. The summed E-state index contributed by atoms with van der Waals surface area (Å²) in [5.41, 5.74) is 1.25. The van der Waals surface area contributed by atoms with E-state index in [1.165, 1.54) is 23.9 Å². The van der Waals surface area contributed by atoms with Gasteiger partial charge in [0.25, 0.3) is 0 Å². The lowest BCUT2D eigenvalue weighted by molar-refractivity contribution is 0.0867. The van der Waals surface area contributed by atoms with Crippen LogP contribution in [0.5, 0.6) is 17.2 Å². The Morgan fingerprint density at radius 1 is 1.10 bits per heavy atom. The molecule has 21 heavy (non-hydrogen) atoms. The van der Waals surface area contributed by atoms with Crippen LogP contribution in [0.15, 0.2) is 42.5 Å². The molecule has 108 valence electrons. The molecule has 2 aromatic rings. The number of phenolic OH excluding ortho intramolecular Hbond substituents is 2. The first-order valence-electron chi connectivity index (χ1n) is 6.42. The third-order valence-corrected chi connectivity index (χ3v) is 4.93. The first kappa shape index (κ1) is 13.8. The van der Waals surface area contributed by atoms with Crippen LogP contribution in [-0.4, -0.2) is 28.9 Å². The summed E-state index contributed by atoms with van der Waals surface area (Å²) in [5, 5.41) is 18.9. The van der Waals surface area contributed by atoms with Gasteiger partial charge in [0.15, 0.2) is 5.78 Å². The van der Waals surface area contributed by atoms with E-state index in [0.717, 1.165) is 5.56 Å². The zero-order valence-corrected chi connectivity index (χ0v) is 12.2. The number of benzene rings is 2. The first-order chi connectivity index (χ1) is 10.1. The van der Waals surface area contributed by atoms with E-state index in [1.807, 2.05) is 6.26 Å². The van der Waals surface area contributed by atoms with Crippen LogP contribution in [0.25, 0.3) is 0 Å². The zero-order chi connectivity index (χ0) is 15.0. The fourth-order valence-corrected chi connectivity index (χ4v) is 3.34. The number of ketones is 1. The number of phenols is 2. The molecular formula is C16H14O4S. The number of rotatable bonds is 2. The number of ether oxygens (including phenoxy) is 1. The Hall–Kier alpha value is -2.14. The van der Waals surface area contributed by atoms with Crippen LogP contribution < -0.4 is 4.74 Å². The summed E-state index contributed by atoms with van der Waals surface area (Å²) >= 11 is 1.41. The normalized spacial score (nSPS) is 20.7. The van der Waals surface area contributed by atoms with E-state index >= 15 is 0 Å². The van der Waals surface area contributed by atoms with Crippen molar-refractivity contribution in [3.63, 3.8) is 0 Å². The average Bonchev–Trinajstić information content (AvgIpc) is 2.49. The lowest BCUT2D eigenvalue weighted by Gasteiger charge is -2.35. The van der Waals surface area contributed by atoms with Crippen molar-refractivity contribution < 1.29 is 19.7 Å². The summed E-state index contributed by atoms with van der Waals surface area (Å²) in [5.74, 6) is 0.581. The van der Waals surface area contributed by atoms with Gasteiger partial charge in [0.2, 0.25) is 0 Å². The molecule has 0 spiro atoms. The number of fused-ring (bicyclic) bond motifs is 1. The van der Waals surface area contributed by atoms with Gasteiger partial charge >= 0.3 is 0 Å². The Labute approximate surface area is 126 Å². The van der Waals surface area contributed by atoms with Crippen molar-refractivity contribution in [1.82, 2.24) is 0 Å². The highest BCUT2D eigenvalue weighted by atomic mass is 32.2. The molecular weight excluding hydrogens is 288 g/mol. The van der Waals surface area contributed by atoms with Gasteiger partial charge in [-0.25, -0.2) is 0 Å². The number of Topliss-reactive ketones (excluding diaryl/α,β-unsaturated/α-hetero) is 1. The van der Waals surface area contributed by atoms with Gasteiger partial charge in [0.1, 0.15) is 28.6 Å². The molecule has 0 radical (unpaired) electrons. The number of hydrogen-bond acceptors (Lipinski definition) is 5. The van der Waals surface area contributed by atoms with Crippen LogP contribution in [0.3, 0.4) is 0 Å². The summed E-state index contributed by atoms with van der Waals surface area (Å²) < 4.78 is 4.87. The summed E-state index contributed by atoms with van der Waals surface area (Å²) in [4.78, 5) is 12.9. The van der Waals surface area contributed by atoms with Crippen molar-refractivity contribution in [1.29, 1.82) is 0 Å². The molecule has 1 aliphatic rings. The van der Waals surface area contributed by atoms with E-state index in [4.69, 9.17) is 4.74 Å². The van der Waals surface area contributed by atoms with Gasteiger partial charge in [0, 0.05) is 6.07 Å². The molecule has 0 saturated carbocycles. The second kappa shape index (κ2) is 5.00. The molecule has 1 unspecified atom stereocenters. The molecule has 0 aliphatic carbocycles. The maximum absolute atomic E-state index is 12.9. The molecule has 0 saturated heterocycles. The van der Waals surface area contributed by atoms with Gasteiger partial charge in [-0.15, -0.1) is 11.8 Å². The Kier molecular flexibility index (Phi) is 3.29. The summed E-state index contributed by atoms with van der Waals surface area (Å²) in [6.45, 7) is 0.189. The molecule has 2 N–H and O–H groups in total. The van der Waals surface area contributed by atoms with Gasteiger partial charge in [-0.2, -0.15) is 0 Å². The molecule has 0 aromatic heterocycles. The zero-order valence-electron chi connectivity index (χ0n) is 11.4. The van der Waals surface area contributed by atoms with Crippen molar-refractivity contribution >= 4 is 17.5 Å². The van der Waals surface area contributed by atoms with Crippen molar-refractivity contribution in [3.05, 3.63) is 53.6 Å². The van der Waals surface area contributed by atoms with Gasteiger partial charge in [-0.1, -0.05) is 12.1 Å². The molecule has 2 aromatic carbocycles. The monoisotopic (exact) mass is 302 g/mol. The minimum absolute atomic E-state index is 0.0538. The van der Waals surface area contributed by atoms with Crippen LogP contribution >= 0.6 is 11.8 Å². The van der Waals surface area contributed by atoms with Crippen LogP contribution in [0, 0.1) is 0 Å². The maximum Gasteiger partial charge on any atom is 0.190 e. The SMILES string of the molecule is CSC1(c2ccc(O)cc2)COc2cc(O)ccc2C1=O. The van der Waals surface area contributed by atoms with E-state index in [9.17, 15) is 15.0 Å². The number of hydrogen-bond donors (Lipinski definition) is 2. The lowest BCUT2D eigenvalue weighted by Crippen LogP contribution is -2.42. The Bertz CT molecular complexity index is 696. The highest BCUT2D eigenvalue weighted by molar-refractivity contribution is 8.00. The molecule has 0 bridgehead atoms. The molecule has 1 atom stereocenters. The van der Waals surface area contributed by atoms with E-state index in [0.29, 0.717) is 11.3 Å². The Morgan fingerprint density at radius 3 is 2.43 bits per heavy atom. The van der Waals surface area contributed by atoms with Gasteiger partial charge in [0.05, 0.1) is 5.56 Å². The van der Waals surface area contributed by atoms with Gasteiger partial charge in [-0.05, 0) is 36.1 Å². The van der Waals surface area contributed by atoms with E-state index in [1.54, 1.807) is 30.3 Å². The number of thioether (sulfide) groups is 1. The van der Waals surface area contributed by atoms with E-state index in [-0.39, 0.29) is 23.9 Å². The summed E-state index contributed by atoms with van der Waals surface area (Å²) in [7, 11) is 0. The summed E-state index contributed by atoms with van der Waals surface area (Å²) in [6.07, 6.45) is 1.86. The topological polar surface area (TPSA) is 66.8 Å². The highest BCUT2D eigenvalue weighted by Crippen LogP contribution is 2.44. The van der Waals surface area contributed by atoms with Crippen molar-refractivity contribution in [2.24, 2.45) is 0 Å². The third-order valence-electron chi connectivity index (χ3n) is 3.69. The largest absolute Gasteiger partial charge is 0.508 e. The van der Waals surface area contributed by atoms with E-state index in [2.05, 4.69) is 0 Å². The predicted octanol–water partition coefficient (Wildman–Crippen LogP) is 2.93. The van der Waals surface area contributed by atoms with Crippen molar-refractivity contribution in [3.8, 4) is 17.2 Å². The predicted molar refractivity (Wildman–Crippen MR) is 81.2 cm³/mol. The van der Waals surface area contributed by atoms with Crippen molar-refractivity contribution in [2.45, 2.75) is 4.75 Å². The Morgan fingerprint density at radius 2 is 1.76 bits per heavy atom. The smallest absolute Gasteiger partial charge is 0.190 e. The second-order valence-electron chi connectivity index (χ2n) is 4.88. The number of aromatic hydroxyl groups is 2. The maximum atomic E-state index is 12.9. The fourth-order valence-electron chi connectivity index (χ4n) is 2.50. The molecule has 4 nitrogen and oxygen atoms in total. The fraction of sp³-hybridized carbons (Fsp3) is 0.188. The minimum atomic E-state index is -0.836. The molecule has 1 aliphatic heterocycles. The molecule has 0 fully saturated rings. The van der Waals surface area contributed by atoms with Gasteiger partial charge < -0.3 is 14.9 Å². The summed E-state index contributed by atoms with van der Waals surface area (Å²) in [6, 6.07) is 11.1. The molecule has 1 heterocycles. The minimum Gasteiger partial charge on any atom is -0.508 e. The third kappa shape index (κ3) is 2.14. The second-order valence-corrected chi connectivity index (χ2v) is 5.98. The Balaban J connectivity index is 2.10. The van der Waals surface area contributed by atoms with Crippen LogP contribution in [0.2, 0.25) is 0 Å². The van der Waals surface area contributed by atoms with Gasteiger partial charge in [-0.3, -0.25) is 4.79 Å².